The van der Waals surface area contributed by atoms with Crippen molar-refractivity contribution < 1.29 is 19.8 Å². The summed E-state index contributed by atoms with van der Waals surface area (Å²) in [5.74, 6) is -1.30. The van der Waals surface area contributed by atoms with Gasteiger partial charge in [0.15, 0.2) is 0 Å². The van der Waals surface area contributed by atoms with Crippen LogP contribution < -0.4 is 0 Å². The summed E-state index contributed by atoms with van der Waals surface area (Å²) >= 11 is 0.149. The van der Waals surface area contributed by atoms with Crippen LogP contribution in [0.5, 0.6) is 0 Å². The number of rotatable bonds is 46. The van der Waals surface area contributed by atoms with Crippen LogP contribution in [0.3, 0.4) is 0 Å². The third-order valence-electron chi connectivity index (χ3n) is 11.4. The second-order valence-corrected chi connectivity index (χ2v) is 21.8. The number of unbranched alkanes of at least 4 members (excludes halogenated alkanes) is 38. The Labute approximate surface area is 370 Å². The van der Waals surface area contributed by atoms with E-state index < -0.39 is 11.9 Å². The summed E-state index contributed by atoms with van der Waals surface area (Å²) in [6.07, 6.45) is 58.0. The Morgan fingerprint density at radius 1 is 0.263 bits per heavy atom. The maximum absolute atomic E-state index is 10.4. The first kappa shape index (κ1) is 61.0. The van der Waals surface area contributed by atoms with Gasteiger partial charge in [0, 0.05) is 12.8 Å². The molecule has 5 heteroatoms. The first-order chi connectivity index (χ1) is 28.0. The SMILES string of the molecule is CCCCCCCCCCCCCCCCCCCCCC(=O)O.CCCCCCCCCCCCCCCCCCCCCC(=O)O.CCC[CH2][Sn][CH2]CCC. The average Bonchev–Trinajstić information content (AvgIpc) is 3.20. The van der Waals surface area contributed by atoms with Gasteiger partial charge in [-0.05, 0) is 12.8 Å². The van der Waals surface area contributed by atoms with Crippen LogP contribution in [0.4, 0.5) is 0 Å². The predicted molar refractivity (Wildman–Crippen MR) is 256 cm³/mol. The van der Waals surface area contributed by atoms with E-state index in [9.17, 15) is 9.59 Å². The van der Waals surface area contributed by atoms with Crippen molar-refractivity contribution in [3.8, 4) is 0 Å². The molecule has 0 aromatic rings. The van der Waals surface area contributed by atoms with Crippen LogP contribution in [0.15, 0.2) is 0 Å². The molecular weight excluding hydrogens is 807 g/mol. The van der Waals surface area contributed by atoms with E-state index in [-0.39, 0.29) is 21.1 Å². The van der Waals surface area contributed by atoms with E-state index in [0.717, 1.165) is 25.7 Å². The third kappa shape index (κ3) is 70.6. The van der Waals surface area contributed by atoms with Gasteiger partial charge in [-0.2, -0.15) is 0 Å². The fourth-order valence-corrected chi connectivity index (χ4v) is 11.6. The number of carbonyl (C=O) groups is 2. The molecule has 0 amide bonds. The molecule has 0 bridgehead atoms. The Morgan fingerprint density at radius 3 is 0.579 bits per heavy atom. The summed E-state index contributed by atoms with van der Waals surface area (Å²) in [5.41, 5.74) is 0. The second-order valence-electron chi connectivity index (χ2n) is 17.5. The van der Waals surface area contributed by atoms with Gasteiger partial charge in [0.1, 0.15) is 0 Å². The summed E-state index contributed by atoms with van der Waals surface area (Å²) in [7, 11) is 0. The first-order valence-corrected chi connectivity index (χ1v) is 30.1. The molecule has 0 spiro atoms. The van der Waals surface area contributed by atoms with E-state index >= 15 is 0 Å². The van der Waals surface area contributed by atoms with E-state index in [1.807, 2.05) is 0 Å². The van der Waals surface area contributed by atoms with Crippen LogP contribution in [0.1, 0.15) is 310 Å². The minimum atomic E-state index is -0.651. The zero-order chi connectivity index (χ0) is 42.4. The number of carboxylic acids is 2. The van der Waals surface area contributed by atoms with Gasteiger partial charge in [-0.3, -0.25) is 9.59 Å². The Hall–Kier alpha value is -0.261. The van der Waals surface area contributed by atoms with Crippen LogP contribution in [-0.2, 0) is 9.59 Å². The molecule has 0 aromatic carbocycles. The first-order valence-electron chi connectivity index (χ1n) is 26.1. The number of hydrogen-bond donors (Lipinski definition) is 2. The second kappa shape index (κ2) is 60.0. The molecule has 2 radical (unpaired) electrons. The summed E-state index contributed by atoms with van der Waals surface area (Å²) in [4.78, 5) is 20.8. The van der Waals surface area contributed by atoms with Gasteiger partial charge in [0.25, 0.3) is 0 Å². The molecule has 0 atom stereocenters. The third-order valence-corrected chi connectivity index (χ3v) is 15.4. The fourth-order valence-electron chi connectivity index (χ4n) is 7.44. The van der Waals surface area contributed by atoms with E-state index in [2.05, 4.69) is 27.7 Å². The van der Waals surface area contributed by atoms with Crippen LogP contribution in [-0.4, -0.2) is 43.3 Å². The van der Waals surface area contributed by atoms with Crippen molar-refractivity contribution in [2.24, 2.45) is 0 Å². The molecule has 0 saturated heterocycles. The quantitative estimate of drug-likeness (QED) is 0.0471. The average molecular weight is 914 g/mol. The molecule has 0 aliphatic rings. The molecule has 0 heterocycles. The van der Waals surface area contributed by atoms with Gasteiger partial charge in [-0.1, -0.05) is 245 Å². The fraction of sp³-hybridized carbons (Fsp3) is 0.962. The molecule has 0 unspecified atom stereocenters. The molecule has 57 heavy (non-hydrogen) atoms. The van der Waals surface area contributed by atoms with Crippen molar-refractivity contribution in [3.05, 3.63) is 0 Å². The van der Waals surface area contributed by atoms with E-state index in [4.69, 9.17) is 10.2 Å². The monoisotopic (exact) mass is 915 g/mol. The Morgan fingerprint density at radius 2 is 0.421 bits per heavy atom. The van der Waals surface area contributed by atoms with Crippen molar-refractivity contribution in [3.63, 3.8) is 0 Å². The Bertz CT molecular complexity index is 656. The van der Waals surface area contributed by atoms with Crippen LogP contribution in [0.25, 0.3) is 0 Å². The topological polar surface area (TPSA) is 74.6 Å². The molecule has 0 rings (SSSR count). The zero-order valence-corrected chi connectivity index (χ0v) is 42.6. The summed E-state index contributed by atoms with van der Waals surface area (Å²) in [6, 6.07) is 0. The summed E-state index contributed by atoms with van der Waals surface area (Å²) < 4.78 is 3.25. The molecule has 0 aliphatic carbocycles. The van der Waals surface area contributed by atoms with Crippen LogP contribution >= 0.6 is 0 Å². The standard InChI is InChI=1S/2C22H44O2.2C4H9.Sn/c2*1-2-3-4-5-6-7-8-9-10-11-12-13-14-15-16-17-18-19-20-21-22(23)24;2*1-3-4-2;/h2*2-21H2,1H3,(H,23,24);2*1,3-4H2,2H3;. The van der Waals surface area contributed by atoms with E-state index in [1.54, 1.807) is 8.87 Å². The summed E-state index contributed by atoms with van der Waals surface area (Å²) in [5, 5.41) is 17.1. The van der Waals surface area contributed by atoms with E-state index in [0.29, 0.717) is 12.8 Å². The van der Waals surface area contributed by atoms with Crippen molar-refractivity contribution in [2.75, 3.05) is 0 Å². The van der Waals surface area contributed by atoms with Gasteiger partial charge in [0.05, 0.1) is 0 Å². The Kier molecular flexibility index (Phi) is 64.3. The van der Waals surface area contributed by atoms with Crippen LogP contribution in [0.2, 0.25) is 8.87 Å². The predicted octanol–water partition coefficient (Wildman–Crippen LogP) is 18.9. The molecule has 0 fully saturated rings. The molecule has 0 aliphatic heterocycles. The summed E-state index contributed by atoms with van der Waals surface area (Å²) in [6.45, 7) is 9.15. The van der Waals surface area contributed by atoms with Gasteiger partial charge in [-0.25, -0.2) is 0 Å². The van der Waals surface area contributed by atoms with Crippen molar-refractivity contribution in [1.82, 2.24) is 0 Å². The minimum absolute atomic E-state index is 0.149. The molecule has 2 N–H and O–H groups in total. The van der Waals surface area contributed by atoms with Crippen LogP contribution in [0, 0.1) is 0 Å². The molecule has 342 valence electrons. The molecule has 4 nitrogen and oxygen atoms in total. The number of aliphatic carboxylic acids is 2. The van der Waals surface area contributed by atoms with Crippen molar-refractivity contribution in [2.45, 2.75) is 319 Å². The molecular formula is C52H106O4Sn. The molecule has 0 aromatic heterocycles. The molecule has 0 saturated carbocycles. The van der Waals surface area contributed by atoms with Crippen molar-refractivity contribution >= 4 is 33.1 Å². The van der Waals surface area contributed by atoms with Gasteiger partial charge >= 0.3 is 81.5 Å². The zero-order valence-electron chi connectivity index (χ0n) is 39.7. The number of carboxylic acid groups (broad SMARTS) is 2. The van der Waals surface area contributed by atoms with Crippen molar-refractivity contribution in [1.29, 1.82) is 0 Å². The van der Waals surface area contributed by atoms with E-state index in [1.165, 1.54) is 244 Å². The Balaban J connectivity index is -0.000000843. The van der Waals surface area contributed by atoms with Gasteiger partial charge < -0.3 is 10.2 Å². The maximum atomic E-state index is 10.4. The normalized spacial score (nSPS) is 10.9. The van der Waals surface area contributed by atoms with Gasteiger partial charge in [-0.15, -0.1) is 0 Å². The van der Waals surface area contributed by atoms with Gasteiger partial charge in [0.2, 0.25) is 0 Å². The number of hydrogen-bond acceptors (Lipinski definition) is 2.